The lowest BCUT2D eigenvalue weighted by Gasteiger charge is -2.08. The summed E-state index contributed by atoms with van der Waals surface area (Å²) in [5.41, 5.74) is 2.76. The van der Waals surface area contributed by atoms with E-state index < -0.39 is 9.84 Å². The summed E-state index contributed by atoms with van der Waals surface area (Å²) in [6.45, 7) is 1.11. The minimum Gasteiger partial charge on any atom is -0.487 e. The van der Waals surface area contributed by atoms with Crippen LogP contribution in [0.1, 0.15) is 41.4 Å². The van der Waals surface area contributed by atoms with Crippen LogP contribution < -0.4 is 4.74 Å². The second-order valence-electron chi connectivity index (χ2n) is 8.87. The van der Waals surface area contributed by atoms with Gasteiger partial charge in [0.2, 0.25) is 5.89 Å². The number of oxazole rings is 1. The number of aromatic nitrogens is 3. The Kier molecular flexibility index (Phi) is 8.90. The number of benzene rings is 2. The number of sulfone groups is 1. The number of imidazole rings is 1. The summed E-state index contributed by atoms with van der Waals surface area (Å²) in [6, 6.07) is 14.2. The molecule has 0 fully saturated rings. The molecule has 37 heavy (non-hydrogen) atoms. The van der Waals surface area contributed by atoms with Crippen molar-refractivity contribution in [2.24, 2.45) is 0 Å². The molecule has 4 aromatic rings. The zero-order valence-electron chi connectivity index (χ0n) is 20.7. The van der Waals surface area contributed by atoms with Crippen LogP contribution in [-0.4, -0.2) is 35.0 Å². The van der Waals surface area contributed by atoms with E-state index in [1.54, 1.807) is 30.7 Å². The highest BCUT2D eigenvalue weighted by atomic mass is 32.2. The van der Waals surface area contributed by atoms with Crippen LogP contribution in [0.25, 0.3) is 12.2 Å². The van der Waals surface area contributed by atoms with Gasteiger partial charge in [0, 0.05) is 37.7 Å². The van der Waals surface area contributed by atoms with Crippen LogP contribution in [0.3, 0.4) is 0 Å². The van der Waals surface area contributed by atoms with E-state index in [1.807, 2.05) is 29.0 Å². The predicted octanol–water partition coefficient (Wildman–Crippen LogP) is 5.37. The van der Waals surface area contributed by atoms with Crippen LogP contribution in [0, 0.1) is 5.82 Å². The number of hydrogen-bond acceptors (Lipinski definition) is 6. The Morgan fingerprint density at radius 1 is 1.03 bits per heavy atom. The fourth-order valence-corrected chi connectivity index (χ4v) is 4.33. The molecular formula is C28H30FN3O4S. The summed E-state index contributed by atoms with van der Waals surface area (Å²) < 4.78 is 49.1. The van der Waals surface area contributed by atoms with Gasteiger partial charge >= 0.3 is 0 Å². The second-order valence-corrected chi connectivity index (χ2v) is 11.1. The van der Waals surface area contributed by atoms with Gasteiger partial charge in [0.15, 0.2) is 0 Å². The Balaban J connectivity index is 1.18. The number of hydrogen-bond donors (Lipinski definition) is 0. The van der Waals surface area contributed by atoms with Crippen molar-refractivity contribution in [2.75, 3.05) is 12.0 Å². The zero-order chi connectivity index (χ0) is 26.1. The summed E-state index contributed by atoms with van der Waals surface area (Å²) in [5.74, 6) is 1.87. The Hall–Kier alpha value is -3.72. The fraction of sp³-hybridized carbons (Fsp3) is 0.286. The Bertz CT molecular complexity index is 1410. The first-order chi connectivity index (χ1) is 17.8. The van der Waals surface area contributed by atoms with Gasteiger partial charge in [0.1, 0.15) is 45.8 Å². The maximum Gasteiger partial charge on any atom is 0.218 e. The molecule has 4 rings (SSSR count). The van der Waals surface area contributed by atoms with Crippen molar-refractivity contribution in [3.63, 3.8) is 0 Å². The molecule has 0 radical (unpaired) electrons. The van der Waals surface area contributed by atoms with Crippen LogP contribution in [-0.2, 0) is 35.8 Å². The summed E-state index contributed by atoms with van der Waals surface area (Å²) in [5, 5.41) is 0. The van der Waals surface area contributed by atoms with Gasteiger partial charge in [-0.1, -0.05) is 24.3 Å². The third-order valence-electron chi connectivity index (χ3n) is 5.78. The molecule has 0 spiro atoms. The van der Waals surface area contributed by atoms with Gasteiger partial charge in [-0.2, -0.15) is 0 Å². The maximum atomic E-state index is 13.0. The van der Waals surface area contributed by atoms with E-state index in [-0.39, 0.29) is 11.6 Å². The van der Waals surface area contributed by atoms with Gasteiger partial charge < -0.3 is 13.7 Å². The Labute approximate surface area is 216 Å². The van der Waals surface area contributed by atoms with Crippen molar-refractivity contribution in [2.45, 2.75) is 38.8 Å². The van der Waals surface area contributed by atoms with E-state index in [9.17, 15) is 12.8 Å². The van der Waals surface area contributed by atoms with Crippen molar-refractivity contribution in [3.8, 4) is 5.75 Å². The molecule has 2 aromatic carbocycles. The first-order valence-corrected chi connectivity index (χ1v) is 14.2. The molecule has 0 unspecified atom stereocenters. The lowest BCUT2D eigenvalue weighted by molar-refractivity contribution is 0.301. The second kappa shape index (κ2) is 12.5. The lowest BCUT2D eigenvalue weighted by Crippen LogP contribution is -2.11. The first-order valence-electron chi connectivity index (χ1n) is 12.1. The van der Waals surface area contributed by atoms with E-state index >= 15 is 0 Å². The van der Waals surface area contributed by atoms with Crippen molar-refractivity contribution in [1.82, 2.24) is 14.5 Å². The van der Waals surface area contributed by atoms with Crippen LogP contribution in [0.2, 0.25) is 0 Å². The minimum atomic E-state index is -3.00. The zero-order valence-corrected chi connectivity index (χ0v) is 21.5. The van der Waals surface area contributed by atoms with Gasteiger partial charge in [-0.3, -0.25) is 0 Å². The molecule has 0 bridgehead atoms. The third kappa shape index (κ3) is 8.71. The summed E-state index contributed by atoms with van der Waals surface area (Å²) >= 11 is 0. The number of halogens is 1. The minimum absolute atomic E-state index is 0.116. The number of nitrogens with zero attached hydrogens (tertiary/aromatic N) is 3. The number of ether oxygens (including phenoxy) is 1. The Morgan fingerprint density at radius 3 is 2.57 bits per heavy atom. The average Bonchev–Trinajstić information content (AvgIpc) is 3.53. The van der Waals surface area contributed by atoms with E-state index in [4.69, 9.17) is 9.15 Å². The highest BCUT2D eigenvalue weighted by Gasteiger charge is 2.08. The van der Waals surface area contributed by atoms with Gasteiger partial charge in [-0.15, -0.1) is 0 Å². The number of rotatable bonds is 13. The monoisotopic (exact) mass is 523 g/mol. The predicted molar refractivity (Wildman–Crippen MR) is 141 cm³/mol. The molecule has 0 atom stereocenters. The topological polar surface area (TPSA) is 87.2 Å². The van der Waals surface area contributed by atoms with Crippen molar-refractivity contribution in [3.05, 3.63) is 102 Å². The number of aryl methyl sites for hydroxylation is 3. The SMILES string of the molecule is CS(=O)(=O)CCc1nccn1CCCCc1ccc(OCc2coc(C=Cc3ccc(F)cc3)n2)cc1. The standard InChI is InChI=1S/C28H30FN3O4S/c1-37(33,34)19-15-27-30-16-18-32(27)17-3-2-4-22-7-12-26(13-8-22)35-20-25-21-36-28(31-25)14-9-23-5-10-24(29)11-6-23/h5-14,16,18,21H,2-4,15,17,19-20H2,1H3. The molecule has 2 heterocycles. The smallest absolute Gasteiger partial charge is 0.218 e. The van der Waals surface area contributed by atoms with Crippen LogP contribution >= 0.6 is 0 Å². The van der Waals surface area contributed by atoms with Crippen molar-refractivity contribution >= 4 is 22.0 Å². The molecule has 0 saturated carbocycles. The molecule has 0 N–H and O–H groups in total. The molecular weight excluding hydrogens is 493 g/mol. The van der Waals surface area contributed by atoms with Crippen molar-refractivity contribution < 1.29 is 22.0 Å². The highest BCUT2D eigenvalue weighted by Crippen LogP contribution is 2.17. The maximum absolute atomic E-state index is 13.0. The molecule has 0 aliphatic rings. The Morgan fingerprint density at radius 2 is 1.81 bits per heavy atom. The summed E-state index contributed by atoms with van der Waals surface area (Å²) in [4.78, 5) is 8.68. The van der Waals surface area contributed by atoms with E-state index in [1.165, 1.54) is 24.0 Å². The highest BCUT2D eigenvalue weighted by molar-refractivity contribution is 7.90. The summed E-state index contributed by atoms with van der Waals surface area (Å²) in [7, 11) is -3.00. The van der Waals surface area contributed by atoms with Gasteiger partial charge in [-0.05, 0) is 60.7 Å². The van der Waals surface area contributed by atoms with E-state index in [2.05, 4.69) is 22.1 Å². The molecule has 0 aliphatic carbocycles. The quantitative estimate of drug-likeness (QED) is 0.219. The largest absolute Gasteiger partial charge is 0.487 e. The normalized spacial score (nSPS) is 11.8. The van der Waals surface area contributed by atoms with Crippen LogP contribution in [0.4, 0.5) is 4.39 Å². The van der Waals surface area contributed by atoms with Crippen LogP contribution in [0.15, 0.2) is 71.6 Å². The fourth-order valence-electron chi connectivity index (χ4n) is 3.78. The molecule has 0 aliphatic heterocycles. The van der Waals surface area contributed by atoms with E-state index in [0.717, 1.165) is 42.9 Å². The van der Waals surface area contributed by atoms with Gasteiger partial charge in [-0.25, -0.2) is 22.8 Å². The van der Waals surface area contributed by atoms with Gasteiger partial charge in [0.25, 0.3) is 0 Å². The van der Waals surface area contributed by atoms with Crippen LogP contribution in [0.5, 0.6) is 5.75 Å². The third-order valence-corrected chi connectivity index (χ3v) is 6.73. The lowest BCUT2D eigenvalue weighted by atomic mass is 10.1. The first kappa shape index (κ1) is 26.3. The van der Waals surface area contributed by atoms with Gasteiger partial charge in [0.05, 0.1) is 5.75 Å². The van der Waals surface area contributed by atoms with Crippen molar-refractivity contribution in [1.29, 1.82) is 0 Å². The average molecular weight is 524 g/mol. The molecule has 194 valence electrons. The molecule has 9 heteroatoms. The number of unbranched alkanes of at least 4 members (excludes halogenated alkanes) is 1. The molecule has 2 aromatic heterocycles. The molecule has 7 nitrogen and oxygen atoms in total. The summed E-state index contributed by atoms with van der Waals surface area (Å²) in [6.07, 6.45) is 13.4. The molecule has 0 amide bonds. The molecule has 0 saturated heterocycles. The van der Waals surface area contributed by atoms with E-state index in [0.29, 0.717) is 24.6 Å².